The van der Waals surface area contributed by atoms with E-state index in [-0.39, 0.29) is 43.6 Å². The van der Waals surface area contributed by atoms with Gasteiger partial charge in [-0.3, -0.25) is 14.5 Å². The quantitative estimate of drug-likeness (QED) is 0.709. The molecule has 0 spiro atoms. The van der Waals surface area contributed by atoms with Crippen molar-refractivity contribution in [3.8, 4) is 0 Å². The largest absolute Gasteiger partial charge is 0.418 e. The molecule has 1 aromatic carbocycles. The molecule has 2 amide bonds. The summed E-state index contributed by atoms with van der Waals surface area (Å²) in [7, 11) is 1.70. The van der Waals surface area contributed by atoms with E-state index in [0.717, 1.165) is 12.1 Å². The number of carbonyl (C=O) groups excluding carboxylic acids is 2. The van der Waals surface area contributed by atoms with Crippen molar-refractivity contribution >= 4 is 23.2 Å². The van der Waals surface area contributed by atoms with Crippen LogP contribution in [0, 0.1) is 5.92 Å². The normalized spacial score (nSPS) is 16.4. The Morgan fingerprint density at radius 1 is 1.38 bits per heavy atom. The SMILES string of the molecule is CC(C)CN(C)[C@H](CN)C(=O)Nc1ccc(N2CCOCC2=O)cc1C(F)(F)F. The fraction of sp³-hybridized carbons (Fsp3) is 0.579. The predicted octanol–water partition coefficient (Wildman–Crippen LogP) is 1.92. The molecule has 0 aliphatic carbocycles. The van der Waals surface area contributed by atoms with Gasteiger partial charge in [0.15, 0.2) is 0 Å². The Morgan fingerprint density at radius 2 is 2.07 bits per heavy atom. The van der Waals surface area contributed by atoms with Crippen LogP contribution < -0.4 is 16.0 Å². The van der Waals surface area contributed by atoms with E-state index in [4.69, 9.17) is 10.5 Å². The molecule has 1 aliphatic rings. The maximum atomic E-state index is 13.6. The molecule has 10 heteroatoms. The van der Waals surface area contributed by atoms with E-state index in [1.165, 1.54) is 11.0 Å². The van der Waals surface area contributed by atoms with Crippen molar-refractivity contribution in [2.75, 3.05) is 50.1 Å². The minimum Gasteiger partial charge on any atom is -0.370 e. The summed E-state index contributed by atoms with van der Waals surface area (Å²) in [6, 6.07) is 2.64. The van der Waals surface area contributed by atoms with Gasteiger partial charge in [-0.25, -0.2) is 0 Å². The second kappa shape index (κ2) is 9.55. The number of alkyl halides is 3. The van der Waals surface area contributed by atoms with Crippen LogP contribution in [0.2, 0.25) is 0 Å². The van der Waals surface area contributed by atoms with E-state index in [1.54, 1.807) is 11.9 Å². The van der Waals surface area contributed by atoms with Gasteiger partial charge in [-0.1, -0.05) is 13.8 Å². The Kier molecular flexibility index (Phi) is 7.61. The molecule has 1 fully saturated rings. The van der Waals surface area contributed by atoms with E-state index in [1.807, 2.05) is 13.8 Å². The zero-order chi connectivity index (χ0) is 21.8. The van der Waals surface area contributed by atoms with E-state index in [2.05, 4.69) is 5.32 Å². The van der Waals surface area contributed by atoms with Crippen LogP contribution in [0.15, 0.2) is 18.2 Å². The molecular weight excluding hydrogens is 389 g/mol. The molecule has 1 saturated heterocycles. The van der Waals surface area contributed by atoms with Crippen molar-refractivity contribution in [1.82, 2.24) is 4.90 Å². The number of amides is 2. The van der Waals surface area contributed by atoms with Crippen molar-refractivity contribution in [2.45, 2.75) is 26.1 Å². The number of hydrogen-bond acceptors (Lipinski definition) is 5. The lowest BCUT2D eigenvalue weighted by atomic mass is 10.1. The highest BCUT2D eigenvalue weighted by Crippen LogP contribution is 2.37. The van der Waals surface area contributed by atoms with Crippen LogP contribution in [0.5, 0.6) is 0 Å². The Morgan fingerprint density at radius 3 is 2.62 bits per heavy atom. The number of halogens is 3. The van der Waals surface area contributed by atoms with Crippen LogP contribution in [0.3, 0.4) is 0 Å². The second-order valence-corrected chi connectivity index (χ2v) is 7.40. The first-order chi connectivity index (χ1) is 13.5. The maximum Gasteiger partial charge on any atom is 0.418 e. The number of nitrogens with one attached hydrogen (secondary N) is 1. The number of nitrogens with zero attached hydrogens (tertiary/aromatic N) is 2. The van der Waals surface area contributed by atoms with Gasteiger partial charge < -0.3 is 20.7 Å². The summed E-state index contributed by atoms with van der Waals surface area (Å²) in [4.78, 5) is 27.5. The monoisotopic (exact) mass is 416 g/mol. The van der Waals surface area contributed by atoms with Gasteiger partial charge in [0.2, 0.25) is 5.91 Å². The maximum absolute atomic E-state index is 13.6. The molecule has 2 rings (SSSR count). The third-order valence-electron chi connectivity index (χ3n) is 4.58. The molecule has 0 radical (unpaired) electrons. The molecule has 0 saturated carbocycles. The minimum absolute atomic E-state index is 0.0310. The van der Waals surface area contributed by atoms with Crippen molar-refractivity contribution in [2.24, 2.45) is 11.7 Å². The fourth-order valence-corrected chi connectivity index (χ4v) is 3.24. The Labute approximate surface area is 168 Å². The number of morpholine rings is 1. The number of anilines is 2. The van der Waals surface area contributed by atoms with E-state index in [9.17, 15) is 22.8 Å². The zero-order valence-corrected chi connectivity index (χ0v) is 16.8. The molecule has 162 valence electrons. The summed E-state index contributed by atoms with van der Waals surface area (Å²) in [5.41, 5.74) is 4.40. The molecule has 29 heavy (non-hydrogen) atoms. The van der Waals surface area contributed by atoms with Crippen LogP contribution in [0.25, 0.3) is 0 Å². The Balaban J connectivity index is 2.29. The van der Waals surface area contributed by atoms with Crippen molar-refractivity contribution in [3.05, 3.63) is 23.8 Å². The number of rotatable bonds is 7. The number of likely N-dealkylation sites (N-methyl/N-ethyl adjacent to an activating group) is 1. The molecule has 1 aromatic rings. The first kappa shape index (κ1) is 23.1. The molecule has 1 aliphatic heterocycles. The van der Waals surface area contributed by atoms with Crippen LogP contribution in [-0.2, 0) is 20.5 Å². The summed E-state index contributed by atoms with van der Waals surface area (Å²) in [5, 5.41) is 2.35. The van der Waals surface area contributed by atoms with Gasteiger partial charge in [-0.05, 0) is 31.2 Å². The van der Waals surface area contributed by atoms with Crippen LogP contribution in [-0.4, -0.2) is 62.7 Å². The van der Waals surface area contributed by atoms with E-state index in [0.29, 0.717) is 6.54 Å². The molecule has 7 nitrogen and oxygen atoms in total. The summed E-state index contributed by atoms with van der Waals surface area (Å²) in [6.45, 7) is 4.70. The topological polar surface area (TPSA) is 87.9 Å². The van der Waals surface area contributed by atoms with Gasteiger partial charge in [-0.15, -0.1) is 0 Å². The third-order valence-corrected chi connectivity index (χ3v) is 4.58. The second-order valence-electron chi connectivity index (χ2n) is 7.40. The number of ether oxygens (including phenoxy) is 1. The molecule has 0 aromatic heterocycles. The molecule has 1 heterocycles. The lowest BCUT2D eigenvalue weighted by molar-refractivity contribution is -0.137. The van der Waals surface area contributed by atoms with Gasteiger partial charge in [0.05, 0.1) is 17.9 Å². The standard InChI is InChI=1S/C19H27F3N4O3/c1-12(2)10-25(3)16(9-23)18(28)24-15-5-4-13(8-14(15)19(20,21)22)26-6-7-29-11-17(26)27/h4-5,8,12,16H,6-7,9-11,23H2,1-3H3,(H,24,28)/t16-/m1/s1. The van der Waals surface area contributed by atoms with Crippen molar-refractivity contribution in [3.63, 3.8) is 0 Å². The average Bonchev–Trinajstić information content (AvgIpc) is 2.61. The highest BCUT2D eigenvalue weighted by Gasteiger charge is 2.36. The molecule has 3 N–H and O–H groups in total. The predicted molar refractivity (Wildman–Crippen MR) is 104 cm³/mol. The summed E-state index contributed by atoms with van der Waals surface area (Å²) in [6.07, 6.45) is -4.71. The van der Waals surface area contributed by atoms with E-state index < -0.39 is 29.6 Å². The Bertz CT molecular complexity index is 740. The number of carbonyl (C=O) groups is 2. The molecule has 0 unspecified atom stereocenters. The lowest BCUT2D eigenvalue weighted by Crippen LogP contribution is -2.48. The highest BCUT2D eigenvalue weighted by atomic mass is 19.4. The van der Waals surface area contributed by atoms with Crippen LogP contribution in [0.4, 0.5) is 24.5 Å². The van der Waals surface area contributed by atoms with Crippen LogP contribution in [0.1, 0.15) is 19.4 Å². The molecule has 0 bridgehead atoms. The number of hydrogen-bond donors (Lipinski definition) is 2. The first-order valence-electron chi connectivity index (χ1n) is 9.35. The van der Waals surface area contributed by atoms with E-state index >= 15 is 0 Å². The molecular formula is C19H27F3N4O3. The number of nitrogens with two attached hydrogens (primary N) is 1. The van der Waals surface area contributed by atoms with Gasteiger partial charge in [0, 0.05) is 25.3 Å². The Hall–Kier alpha value is -2.17. The third kappa shape index (κ3) is 5.91. The minimum atomic E-state index is -4.71. The lowest BCUT2D eigenvalue weighted by Gasteiger charge is -2.29. The number of benzene rings is 1. The average molecular weight is 416 g/mol. The van der Waals surface area contributed by atoms with Crippen molar-refractivity contribution < 1.29 is 27.5 Å². The zero-order valence-electron chi connectivity index (χ0n) is 16.8. The summed E-state index contributed by atoms with van der Waals surface area (Å²) < 4.78 is 45.9. The van der Waals surface area contributed by atoms with Gasteiger partial charge in [0.25, 0.3) is 5.91 Å². The van der Waals surface area contributed by atoms with Gasteiger partial charge in [0.1, 0.15) is 12.6 Å². The first-order valence-corrected chi connectivity index (χ1v) is 9.35. The summed E-state index contributed by atoms with van der Waals surface area (Å²) >= 11 is 0. The molecule has 1 atom stereocenters. The fourth-order valence-electron chi connectivity index (χ4n) is 3.24. The van der Waals surface area contributed by atoms with Crippen molar-refractivity contribution in [1.29, 1.82) is 0 Å². The van der Waals surface area contributed by atoms with Crippen LogP contribution >= 0.6 is 0 Å². The van der Waals surface area contributed by atoms with Gasteiger partial charge in [-0.2, -0.15) is 13.2 Å². The van der Waals surface area contributed by atoms with Gasteiger partial charge >= 0.3 is 6.18 Å². The smallest absolute Gasteiger partial charge is 0.370 e. The summed E-state index contributed by atoms with van der Waals surface area (Å²) in [5.74, 6) is -0.769. The highest BCUT2D eigenvalue weighted by molar-refractivity contribution is 5.97.